The molecule has 0 heterocycles. The summed E-state index contributed by atoms with van der Waals surface area (Å²) in [6, 6.07) is 7.93. The molecule has 0 spiro atoms. The minimum Gasteiger partial charge on any atom is -0.316 e. The summed E-state index contributed by atoms with van der Waals surface area (Å²) in [5.74, 6) is 0.798. The number of unbranched alkanes of at least 4 members (excludes halogenated alkanes) is 2. The highest BCUT2D eigenvalue weighted by atomic mass is 19.3. The summed E-state index contributed by atoms with van der Waals surface area (Å²) in [7, 11) is 0. The number of allylic oxidation sites excluding steroid dienone is 2. The van der Waals surface area contributed by atoms with Crippen LogP contribution < -0.4 is 0 Å². The summed E-state index contributed by atoms with van der Waals surface area (Å²) in [6.45, 7) is 4.22. The molecule has 0 bridgehead atoms. The van der Waals surface area contributed by atoms with Crippen molar-refractivity contribution >= 4 is 0 Å². The first kappa shape index (κ1) is 23.1. The third-order valence-electron chi connectivity index (χ3n) is 6.01. The fraction of sp³-hybridized carbons (Fsp3) is 0.680. The number of rotatable bonds is 12. The number of aryl methyl sites for hydroxylation is 1. The molecule has 1 aliphatic carbocycles. The van der Waals surface area contributed by atoms with Gasteiger partial charge in [-0.1, -0.05) is 69.0 Å². The van der Waals surface area contributed by atoms with E-state index in [1.165, 1.54) is 31.2 Å². The third-order valence-corrected chi connectivity index (χ3v) is 6.01. The van der Waals surface area contributed by atoms with E-state index in [9.17, 15) is 8.78 Å². The molecule has 1 aliphatic rings. The van der Waals surface area contributed by atoms with Crippen LogP contribution in [0.15, 0.2) is 36.4 Å². The van der Waals surface area contributed by atoms with Crippen LogP contribution in [0, 0.1) is 11.8 Å². The fourth-order valence-corrected chi connectivity index (χ4v) is 4.19. The van der Waals surface area contributed by atoms with Crippen LogP contribution in [0.4, 0.5) is 8.78 Å². The zero-order chi connectivity index (χ0) is 20.2. The second kappa shape index (κ2) is 12.4. The van der Waals surface area contributed by atoms with Gasteiger partial charge in [0.1, 0.15) is 0 Å². The monoisotopic (exact) mass is 392 g/mol. The fourth-order valence-electron chi connectivity index (χ4n) is 4.19. The molecule has 1 nitrogen and oxygen atoms in total. The number of benzene rings is 1. The highest BCUT2D eigenvalue weighted by molar-refractivity contribution is 5.22. The van der Waals surface area contributed by atoms with Crippen LogP contribution in [0.2, 0.25) is 0 Å². The van der Waals surface area contributed by atoms with E-state index in [1.54, 1.807) is 0 Å². The smallest absolute Gasteiger partial charge is 0.316 e. The van der Waals surface area contributed by atoms with Crippen molar-refractivity contribution < 1.29 is 13.5 Å². The van der Waals surface area contributed by atoms with Gasteiger partial charge in [0.15, 0.2) is 0 Å². The largest absolute Gasteiger partial charge is 0.356 e. The number of halogens is 2. The molecular weight excluding hydrogens is 354 g/mol. The molecule has 0 unspecified atom stereocenters. The van der Waals surface area contributed by atoms with Crippen LogP contribution in [0.5, 0.6) is 0 Å². The predicted octanol–water partition coefficient (Wildman–Crippen LogP) is 8.08. The molecule has 0 aromatic heterocycles. The Hall–Kier alpha value is -1.22. The van der Waals surface area contributed by atoms with E-state index in [0.29, 0.717) is 5.92 Å². The van der Waals surface area contributed by atoms with Gasteiger partial charge in [0, 0.05) is 6.42 Å². The SMILES string of the molecule is C/C=C/CC[C@H]1CC[C@H](CC(F)(F)OCc2ccc(CCCCC)cc2)CC1. The molecule has 3 heteroatoms. The van der Waals surface area contributed by atoms with Gasteiger partial charge < -0.3 is 4.74 Å². The summed E-state index contributed by atoms with van der Waals surface area (Å²) in [6.07, 6.45) is 12.1. The lowest BCUT2D eigenvalue weighted by Gasteiger charge is -2.30. The lowest BCUT2D eigenvalue weighted by atomic mass is 9.78. The number of alkyl halides is 2. The van der Waals surface area contributed by atoms with Gasteiger partial charge in [0.2, 0.25) is 0 Å². The molecule has 1 aromatic carbocycles. The van der Waals surface area contributed by atoms with Crippen molar-refractivity contribution in [1.82, 2.24) is 0 Å². The Morgan fingerprint density at radius 2 is 1.64 bits per heavy atom. The predicted molar refractivity (Wildman–Crippen MR) is 114 cm³/mol. The summed E-state index contributed by atoms with van der Waals surface area (Å²) in [5, 5.41) is 0. The Morgan fingerprint density at radius 1 is 1.00 bits per heavy atom. The zero-order valence-electron chi connectivity index (χ0n) is 17.8. The van der Waals surface area contributed by atoms with Gasteiger partial charge in [-0.15, -0.1) is 0 Å². The maximum absolute atomic E-state index is 14.3. The molecular formula is C25H38F2O. The minimum atomic E-state index is -3.03. The van der Waals surface area contributed by atoms with Crippen LogP contribution in [0.25, 0.3) is 0 Å². The maximum Gasteiger partial charge on any atom is 0.356 e. The van der Waals surface area contributed by atoms with Crippen molar-refractivity contribution in [3.8, 4) is 0 Å². The van der Waals surface area contributed by atoms with Crippen molar-refractivity contribution in [1.29, 1.82) is 0 Å². The molecule has 0 aliphatic heterocycles. The van der Waals surface area contributed by atoms with Gasteiger partial charge >= 0.3 is 6.11 Å². The lowest BCUT2D eigenvalue weighted by Crippen LogP contribution is -2.27. The van der Waals surface area contributed by atoms with Crippen molar-refractivity contribution in [2.75, 3.05) is 0 Å². The molecule has 158 valence electrons. The van der Waals surface area contributed by atoms with Crippen LogP contribution in [0.3, 0.4) is 0 Å². The number of hydrogen-bond donors (Lipinski definition) is 0. The molecule has 28 heavy (non-hydrogen) atoms. The van der Waals surface area contributed by atoms with Crippen molar-refractivity contribution in [3.05, 3.63) is 47.5 Å². The van der Waals surface area contributed by atoms with Crippen molar-refractivity contribution in [2.45, 2.75) is 97.2 Å². The molecule has 0 atom stereocenters. The Balaban J connectivity index is 1.69. The highest BCUT2D eigenvalue weighted by Crippen LogP contribution is 2.38. The number of ether oxygens (including phenoxy) is 1. The molecule has 0 N–H and O–H groups in total. The average Bonchev–Trinajstić information content (AvgIpc) is 2.69. The first-order valence-corrected chi connectivity index (χ1v) is 11.2. The van der Waals surface area contributed by atoms with E-state index >= 15 is 0 Å². The van der Waals surface area contributed by atoms with Crippen molar-refractivity contribution in [3.63, 3.8) is 0 Å². The van der Waals surface area contributed by atoms with Gasteiger partial charge in [0.05, 0.1) is 6.61 Å². The molecule has 1 aromatic rings. The Morgan fingerprint density at radius 3 is 2.29 bits per heavy atom. The van der Waals surface area contributed by atoms with Gasteiger partial charge in [-0.3, -0.25) is 0 Å². The molecule has 0 saturated heterocycles. The van der Waals surface area contributed by atoms with Gasteiger partial charge in [-0.25, -0.2) is 0 Å². The van der Waals surface area contributed by atoms with Crippen LogP contribution in [-0.4, -0.2) is 6.11 Å². The molecule has 1 fully saturated rings. The first-order chi connectivity index (χ1) is 13.5. The molecule has 0 amide bonds. The Kier molecular flexibility index (Phi) is 10.2. The van der Waals surface area contributed by atoms with Crippen LogP contribution >= 0.6 is 0 Å². The average molecular weight is 393 g/mol. The molecule has 0 radical (unpaired) electrons. The Labute approximate surface area is 170 Å². The summed E-state index contributed by atoms with van der Waals surface area (Å²) >= 11 is 0. The zero-order valence-corrected chi connectivity index (χ0v) is 17.8. The van der Waals surface area contributed by atoms with E-state index in [4.69, 9.17) is 4.74 Å². The van der Waals surface area contributed by atoms with Crippen molar-refractivity contribution in [2.24, 2.45) is 11.8 Å². The van der Waals surface area contributed by atoms with E-state index < -0.39 is 6.11 Å². The van der Waals surface area contributed by atoms with E-state index in [-0.39, 0.29) is 18.9 Å². The van der Waals surface area contributed by atoms with E-state index in [2.05, 4.69) is 19.1 Å². The topological polar surface area (TPSA) is 9.23 Å². The highest BCUT2D eigenvalue weighted by Gasteiger charge is 2.35. The summed E-state index contributed by atoms with van der Waals surface area (Å²) in [5.41, 5.74) is 2.10. The number of hydrogen-bond acceptors (Lipinski definition) is 1. The maximum atomic E-state index is 14.3. The summed E-state index contributed by atoms with van der Waals surface area (Å²) in [4.78, 5) is 0. The molecule has 1 saturated carbocycles. The van der Waals surface area contributed by atoms with Crippen LogP contribution in [0.1, 0.15) is 89.2 Å². The van der Waals surface area contributed by atoms with Crippen LogP contribution in [-0.2, 0) is 17.8 Å². The van der Waals surface area contributed by atoms with Gasteiger partial charge in [-0.05, 0) is 68.4 Å². The van der Waals surface area contributed by atoms with Gasteiger partial charge in [0.25, 0.3) is 0 Å². The summed E-state index contributed by atoms with van der Waals surface area (Å²) < 4.78 is 33.6. The van der Waals surface area contributed by atoms with Gasteiger partial charge in [-0.2, -0.15) is 8.78 Å². The minimum absolute atomic E-state index is 0.0130. The third kappa shape index (κ3) is 8.86. The normalized spacial score (nSPS) is 20.7. The van der Waals surface area contributed by atoms with E-state index in [1.807, 2.05) is 31.2 Å². The quantitative estimate of drug-likeness (QED) is 0.258. The lowest BCUT2D eigenvalue weighted by molar-refractivity contribution is -0.256. The second-order valence-electron chi connectivity index (χ2n) is 8.44. The molecule has 2 rings (SSSR count). The Bertz CT molecular complexity index is 556. The second-order valence-corrected chi connectivity index (χ2v) is 8.44. The first-order valence-electron chi connectivity index (χ1n) is 11.2. The van der Waals surface area contributed by atoms with E-state index in [0.717, 1.165) is 44.1 Å². The standard InChI is InChI=1S/C25H38F2O/c1-3-5-7-9-21-11-15-23(16-12-21)19-25(26,27)28-20-24-17-13-22(14-18-24)10-8-6-4-2/h3,5,13-14,17-18,21,23H,4,6-12,15-16,19-20H2,1-2H3/b5-3+/t21-,23-.